The highest BCUT2D eigenvalue weighted by molar-refractivity contribution is 6.03. The average molecular weight is 311 g/mol. The molecule has 0 saturated carbocycles. The number of H-pyrrole nitrogens is 1. The van der Waals surface area contributed by atoms with E-state index in [1.54, 1.807) is 31.1 Å². The normalized spacial score (nSPS) is 10.6. The molecule has 0 fully saturated rings. The Kier molecular flexibility index (Phi) is 3.84. The second-order valence-electron chi connectivity index (χ2n) is 5.15. The Morgan fingerprint density at radius 1 is 1.35 bits per heavy atom. The van der Waals surface area contributed by atoms with Crippen LogP contribution in [0.1, 0.15) is 16.2 Å². The first kappa shape index (κ1) is 14.8. The van der Waals surface area contributed by atoms with Crippen molar-refractivity contribution in [2.45, 2.75) is 6.92 Å². The molecule has 0 bridgehead atoms. The second kappa shape index (κ2) is 5.96. The molecule has 0 aliphatic carbocycles. The number of methoxy groups -OCH3 is 1. The van der Waals surface area contributed by atoms with Gasteiger partial charge in [0.15, 0.2) is 0 Å². The Hall–Kier alpha value is -3.09. The van der Waals surface area contributed by atoms with E-state index in [9.17, 15) is 4.79 Å². The van der Waals surface area contributed by atoms with Gasteiger partial charge in [0, 0.05) is 18.8 Å². The molecule has 2 N–H and O–H groups in total. The van der Waals surface area contributed by atoms with Crippen LogP contribution in [0.4, 0.5) is 5.69 Å². The lowest BCUT2D eigenvalue weighted by atomic mass is 10.1. The van der Waals surface area contributed by atoms with Crippen LogP contribution in [0.25, 0.3) is 11.3 Å². The molecule has 0 unspecified atom stereocenters. The molecule has 7 heteroatoms. The zero-order chi connectivity index (χ0) is 16.4. The van der Waals surface area contributed by atoms with Gasteiger partial charge >= 0.3 is 0 Å². The fraction of sp³-hybridized carbons (Fsp3) is 0.188. The molecular formula is C16H17N5O2. The molecule has 0 aliphatic heterocycles. The van der Waals surface area contributed by atoms with Crippen molar-refractivity contribution in [2.24, 2.45) is 7.05 Å². The highest BCUT2D eigenvalue weighted by atomic mass is 16.5. The number of aryl methyl sites for hydroxylation is 2. The number of amides is 1. The summed E-state index contributed by atoms with van der Waals surface area (Å²) in [6.07, 6.45) is 1.76. The Morgan fingerprint density at radius 3 is 2.87 bits per heavy atom. The summed E-state index contributed by atoms with van der Waals surface area (Å²) in [4.78, 5) is 12.3. The van der Waals surface area contributed by atoms with Crippen molar-refractivity contribution < 1.29 is 9.53 Å². The number of aromatic nitrogens is 4. The van der Waals surface area contributed by atoms with Gasteiger partial charge in [0.05, 0.1) is 24.2 Å². The van der Waals surface area contributed by atoms with E-state index in [1.165, 1.54) is 0 Å². The third-order valence-electron chi connectivity index (χ3n) is 3.45. The van der Waals surface area contributed by atoms with Gasteiger partial charge in [0.25, 0.3) is 5.91 Å². The van der Waals surface area contributed by atoms with Gasteiger partial charge in [-0.2, -0.15) is 10.2 Å². The monoisotopic (exact) mass is 311 g/mol. The number of hydrogen-bond donors (Lipinski definition) is 2. The van der Waals surface area contributed by atoms with Gasteiger partial charge in [-0.15, -0.1) is 0 Å². The van der Waals surface area contributed by atoms with Crippen molar-refractivity contribution in [3.8, 4) is 17.0 Å². The maximum atomic E-state index is 12.3. The third kappa shape index (κ3) is 3.08. The van der Waals surface area contributed by atoms with Gasteiger partial charge in [-0.3, -0.25) is 14.6 Å². The standard InChI is InChI=1S/C16H17N5O2/c1-10-15(9-21(2)20-10)17-16(22)14-8-13(18-19-14)11-5-4-6-12(7-11)23-3/h4-9H,1-3H3,(H,17,22)(H,18,19). The molecule has 0 atom stereocenters. The first-order valence-electron chi connectivity index (χ1n) is 7.08. The summed E-state index contributed by atoms with van der Waals surface area (Å²) in [5.74, 6) is 0.477. The lowest BCUT2D eigenvalue weighted by Crippen LogP contribution is -2.12. The van der Waals surface area contributed by atoms with Crippen molar-refractivity contribution >= 4 is 11.6 Å². The van der Waals surface area contributed by atoms with E-state index in [1.807, 2.05) is 31.2 Å². The zero-order valence-corrected chi connectivity index (χ0v) is 13.1. The van der Waals surface area contributed by atoms with E-state index >= 15 is 0 Å². The predicted octanol–water partition coefficient (Wildman–Crippen LogP) is 2.38. The lowest BCUT2D eigenvalue weighted by Gasteiger charge is -2.01. The molecule has 0 spiro atoms. The summed E-state index contributed by atoms with van der Waals surface area (Å²) in [5.41, 5.74) is 3.36. The van der Waals surface area contributed by atoms with Crippen LogP contribution < -0.4 is 10.1 Å². The van der Waals surface area contributed by atoms with E-state index in [2.05, 4.69) is 20.6 Å². The fourth-order valence-electron chi connectivity index (χ4n) is 2.28. The van der Waals surface area contributed by atoms with E-state index in [0.29, 0.717) is 17.1 Å². The zero-order valence-electron chi connectivity index (χ0n) is 13.1. The van der Waals surface area contributed by atoms with Crippen molar-refractivity contribution in [3.05, 3.63) is 47.9 Å². The molecule has 0 aliphatic rings. The van der Waals surface area contributed by atoms with Crippen molar-refractivity contribution in [3.63, 3.8) is 0 Å². The molecule has 118 valence electrons. The number of carbonyl (C=O) groups is 1. The third-order valence-corrected chi connectivity index (χ3v) is 3.45. The highest BCUT2D eigenvalue weighted by Crippen LogP contribution is 2.23. The summed E-state index contributed by atoms with van der Waals surface area (Å²) >= 11 is 0. The molecule has 0 saturated heterocycles. The molecule has 7 nitrogen and oxygen atoms in total. The first-order chi connectivity index (χ1) is 11.1. The maximum absolute atomic E-state index is 12.3. The summed E-state index contributed by atoms with van der Waals surface area (Å²) in [5, 5.41) is 14.0. The topological polar surface area (TPSA) is 84.8 Å². The van der Waals surface area contributed by atoms with E-state index in [4.69, 9.17) is 4.74 Å². The predicted molar refractivity (Wildman–Crippen MR) is 86.5 cm³/mol. The van der Waals surface area contributed by atoms with Gasteiger partial charge in [0.2, 0.25) is 0 Å². The van der Waals surface area contributed by atoms with Gasteiger partial charge in [-0.25, -0.2) is 0 Å². The molecule has 3 aromatic rings. The van der Waals surface area contributed by atoms with Crippen LogP contribution in [0.3, 0.4) is 0 Å². The van der Waals surface area contributed by atoms with Crippen LogP contribution in [-0.4, -0.2) is 33.0 Å². The van der Waals surface area contributed by atoms with Crippen LogP contribution in [-0.2, 0) is 7.05 Å². The largest absolute Gasteiger partial charge is 0.497 e. The number of ether oxygens (including phenoxy) is 1. The summed E-state index contributed by atoms with van der Waals surface area (Å²) < 4.78 is 6.85. The number of anilines is 1. The highest BCUT2D eigenvalue weighted by Gasteiger charge is 2.14. The molecule has 23 heavy (non-hydrogen) atoms. The van der Waals surface area contributed by atoms with Crippen LogP contribution in [0.2, 0.25) is 0 Å². The quantitative estimate of drug-likeness (QED) is 0.774. The Balaban J connectivity index is 1.81. The Morgan fingerprint density at radius 2 is 2.17 bits per heavy atom. The van der Waals surface area contributed by atoms with Gasteiger partial charge in [-0.1, -0.05) is 12.1 Å². The summed E-state index contributed by atoms with van der Waals surface area (Å²) in [7, 11) is 3.42. The fourth-order valence-corrected chi connectivity index (χ4v) is 2.28. The molecule has 1 aromatic carbocycles. The minimum absolute atomic E-state index is 0.261. The SMILES string of the molecule is COc1cccc(-c2cc(C(=O)Nc3cn(C)nc3C)[nH]n2)c1. The van der Waals surface area contributed by atoms with Gasteiger partial charge in [0.1, 0.15) is 11.4 Å². The molecule has 0 radical (unpaired) electrons. The molecule has 3 rings (SSSR count). The smallest absolute Gasteiger partial charge is 0.273 e. The average Bonchev–Trinajstić information content (AvgIpc) is 3.15. The van der Waals surface area contributed by atoms with Crippen molar-refractivity contribution in [1.29, 1.82) is 0 Å². The number of nitrogens with zero attached hydrogens (tertiary/aromatic N) is 3. The van der Waals surface area contributed by atoms with Crippen LogP contribution in [0, 0.1) is 6.92 Å². The van der Waals surface area contributed by atoms with E-state index < -0.39 is 0 Å². The number of nitrogens with one attached hydrogen (secondary N) is 2. The lowest BCUT2D eigenvalue weighted by molar-refractivity contribution is 0.102. The van der Waals surface area contributed by atoms with E-state index in [-0.39, 0.29) is 5.91 Å². The Bertz CT molecular complexity index is 850. The summed E-state index contributed by atoms with van der Waals surface area (Å²) in [6.45, 7) is 1.84. The van der Waals surface area contributed by atoms with Crippen molar-refractivity contribution in [2.75, 3.05) is 12.4 Å². The molecular weight excluding hydrogens is 294 g/mol. The second-order valence-corrected chi connectivity index (χ2v) is 5.15. The first-order valence-corrected chi connectivity index (χ1v) is 7.08. The molecule has 2 aromatic heterocycles. The minimum Gasteiger partial charge on any atom is -0.497 e. The molecule has 1 amide bonds. The number of rotatable bonds is 4. The van der Waals surface area contributed by atoms with Gasteiger partial charge in [-0.05, 0) is 25.1 Å². The number of carbonyl (C=O) groups excluding carboxylic acids is 1. The molecule has 2 heterocycles. The number of benzene rings is 1. The van der Waals surface area contributed by atoms with Crippen LogP contribution >= 0.6 is 0 Å². The van der Waals surface area contributed by atoms with Crippen molar-refractivity contribution in [1.82, 2.24) is 20.0 Å². The minimum atomic E-state index is -0.261. The van der Waals surface area contributed by atoms with E-state index in [0.717, 1.165) is 17.0 Å². The maximum Gasteiger partial charge on any atom is 0.273 e. The van der Waals surface area contributed by atoms with Crippen LogP contribution in [0.15, 0.2) is 36.5 Å². The summed E-state index contributed by atoms with van der Waals surface area (Å²) in [6, 6.07) is 9.21. The number of aromatic amines is 1. The van der Waals surface area contributed by atoms with Crippen LogP contribution in [0.5, 0.6) is 5.75 Å². The Labute approximate surface area is 133 Å². The van der Waals surface area contributed by atoms with Gasteiger partial charge < -0.3 is 10.1 Å². The number of hydrogen-bond acceptors (Lipinski definition) is 4.